The maximum absolute atomic E-state index is 13.0. The summed E-state index contributed by atoms with van der Waals surface area (Å²) in [5.74, 6) is -0.588. The third-order valence-electron chi connectivity index (χ3n) is 1.63. The Kier molecular flexibility index (Phi) is 2.56. The molecule has 0 aromatic heterocycles. The third-order valence-corrected chi connectivity index (χ3v) is 1.63. The van der Waals surface area contributed by atoms with Gasteiger partial charge in [0.2, 0.25) is 0 Å². The molecular formula is C10H7FN2. The first-order chi connectivity index (χ1) is 6.22. The van der Waals surface area contributed by atoms with Crippen molar-refractivity contribution in [3.63, 3.8) is 0 Å². The second-order valence-corrected chi connectivity index (χ2v) is 2.36. The molecule has 2 nitrogen and oxygen atoms in total. The molecule has 64 valence electrons. The Morgan fingerprint density at radius 3 is 2.69 bits per heavy atom. The zero-order chi connectivity index (χ0) is 9.84. The van der Waals surface area contributed by atoms with Crippen LogP contribution in [0.1, 0.15) is 11.1 Å². The Bertz CT molecular complexity index is 402. The van der Waals surface area contributed by atoms with Crippen LogP contribution in [0, 0.1) is 17.1 Å². The minimum Gasteiger partial charge on any atom is -0.264 e. The first-order valence-electron chi connectivity index (χ1n) is 3.55. The van der Waals surface area contributed by atoms with Crippen LogP contribution in [0.5, 0.6) is 0 Å². The number of hydrogen-bond donors (Lipinski definition) is 0. The molecular weight excluding hydrogens is 167 g/mol. The average molecular weight is 174 g/mol. The lowest BCUT2D eigenvalue weighted by Gasteiger charge is -2.00. The van der Waals surface area contributed by atoms with Crippen molar-refractivity contribution < 1.29 is 4.39 Å². The molecule has 0 aliphatic heterocycles. The maximum atomic E-state index is 13.0. The smallest absolute Gasteiger partial charge is 0.143 e. The second-order valence-electron chi connectivity index (χ2n) is 2.36. The minimum atomic E-state index is -0.588. The van der Waals surface area contributed by atoms with E-state index in [0.29, 0.717) is 11.3 Å². The number of nitriles is 1. The van der Waals surface area contributed by atoms with E-state index in [9.17, 15) is 4.39 Å². The molecule has 1 aromatic rings. The van der Waals surface area contributed by atoms with Crippen LogP contribution in [-0.4, -0.2) is 6.72 Å². The molecule has 0 spiro atoms. The Morgan fingerprint density at radius 1 is 1.54 bits per heavy atom. The lowest BCUT2D eigenvalue weighted by Crippen LogP contribution is -1.85. The van der Waals surface area contributed by atoms with Gasteiger partial charge in [0.1, 0.15) is 11.9 Å². The van der Waals surface area contributed by atoms with Gasteiger partial charge in [0.15, 0.2) is 0 Å². The molecule has 0 aliphatic rings. The predicted octanol–water partition coefficient (Wildman–Crippen LogP) is 2.67. The Hall–Kier alpha value is -1.95. The fraction of sp³-hybridized carbons (Fsp3) is 0. The van der Waals surface area contributed by atoms with Crippen LogP contribution in [0.15, 0.2) is 23.7 Å². The molecule has 0 saturated heterocycles. The van der Waals surface area contributed by atoms with E-state index < -0.39 is 5.82 Å². The molecule has 0 amide bonds. The number of hydrogen-bond acceptors (Lipinski definition) is 2. The molecule has 0 radical (unpaired) electrons. The molecule has 0 atom stereocenters. The summed E-state index contributed by atoms with van der Waals surface area (Å²) in [5.41, 5.74) is 0.988. The van der Waals surface area contributed by atoms with Crippen LogP contribution in [-0.2, 0) is 0 Å². The number of halogens is 1. The zero-order valence-corrected chi connectivity index (χ0v) is 6.92. The number of rotatable bonds is 2. The Labute approximate surface area is 75.7 Å². The van der Waals surface area contributed by atoms with E-state index in [4.69, 9.17) is 5.26 Å². The monoisotopic (exact) mass is 174 g/mol. The third kappa shape index (κ3) is 1.62. The lowest BCUT2D eigenvalue weighted by molar-refractivity contribution is 0.624. The van der Waals surface area contributed by atoms with Crippen molar-refractivity contribution in [2.24, 2.45) is 4.99 Å². The van der Waals surface area contributed by atoms with Crippen molar-refractivity contribution in [2.75, 3.05) is 0 Å². The van der Waals surface area contributed by atoms with Gasteiger partial charge in [-0.15, -0.1) is 0 Å². The zero-order valence-electron chi connectivity index (χ0n) is 6.92. The molecule has 3 heteroatoms. The first-order valence-corrected chi connectivity index (χ1v) is 3.55. The van der Waals surface area contributed by atoms with E-state index in [1.807, 2.05) is 0 Å². The van der Waals surface area contributed by atoms with E-state index in [1.54, 1.807) is 6.07 Å². The van der Waals surface area contributed by atoms with Gasteiger partial charge in [-0.2, -0.15) is 5.26 Å². The van der Waals surface area contributed by atoms with Crippen LogP contribution in [0.3, 0.4) is 0 Å². The lowest BCUT2D eigenvalue weighted by atomic mass is 10.1. The summed E-state index contributed by atoms with van der Waals surface area (Å²) in [7, 11) is 0. The topological polar surface area (TPSA) is 36.1 Å². The van der Waals surface area contributed by atoms with Gasteiger partial charge in [0.25, 0.3) is 0 Å². The molecule has 0 aliphatic carbocycles. The fourth-order valence-electron chi connectivity index (χ4n) is 0.966. The van der Waals surface area contributed by atoms with Crippen molar-refractivity contribution >= 4 is 18.5 Å². The summed E-state index contributed by atoms with van der Waals surface area (Å²) < 4.78 is 13.0. The summed E-state index contributed by atoms with van der Waals surface area (Å²) in [4.78, 5) is 3.61. The van der Waals surface area contributed by atoms with Gasteiger partial charge < -0.3 is 0 Å². The molecule has 0 saturated carbocycles. The van der Waals surface area contributed by atoms with Crippen LogP contribution >= 0.6 is 0 Å². The summed E-state index contributed by atoms with van der Waals surface area (Å²) >= 11 is 0. The largest absolute Gasteiger partial charge is 0.264 e. The molecule has 13 heavy (non-hydrogen) atoms. The minimum absolute atomic E-state index is 0.0118. The fourth-order valence-corrected chi connectivity index (χ4v) is 0.966. The van der Waals surface area contributed by atoms with Crippen LogP contribution < -0.4 is 0 Å². The maximum Gasteiger partial charge on any atom is 0.143 e. The Morgan fingerprint density at radius 2 is 2.23 bits per heavy atom. The summed E-state index contributed by atoms with van der Waals surface area (Å²) in [6.45, 7) is 6.81. The summed E-state index contributed by atoms with van der Waals surface area (Å²) in [5, 5.41) is 8.53. The summed E-state index contributed by atoms with van der Waals surface area (Å²) in [6, 6.07) is 4.30. The van der Waals surface area contributed by atoms with E-state index >= 15 is 0 Å². The van der Waals surface area contributed by atoms with E-state index in [0.717, 1.165) is 0 Å². The highest BCUT2D eigenvalue weighted by molar-refractivity contribution is 5.66. The van der Waals surface area contributed by atoms with Crippen molar-refractivity contribution in [2.45, 2.75) is 0 Å². The van der Waals surface area contributed by atoms with Crippen molar-refractivity contribution in [3.8, 4) is 6.07 Å². The predicted molar refractivity (Wildman–Crippen MR) is 50.4 cm³/mol. The van der Waals surface area contributed by atoms with Crippen molar-refractivity contribution in [1.29, 1.82) is 5.26 Å². The van der Waals surface area contributed by atoms with E-state index in [2.05, 4.69) is 18.3 Å². The number of nitrogens with zero attached hydrogens (tertiary/aromatic N) is 2. The number of aliphatic imine (C=N–C) groups is 1. The van der Waals surface area contributed by atoms with Crippen LogP contribution in [0.2, 0.25) is 0 Å². The second kappa shape index (κ2) is 3.63. The highest BCUT2D eigenvalue weighted by atomic mass is 19.1. The SMILES string of the molecule is C=Cc1cc(C#N)c(F)cc1N=C. The van der Waals surface area contributed by atoms with Crippen LogP contribution in [0.25, 0.3) is 6.08 Å². The van der Waals surface area contributed by atoms with E-state index in [1.165, 1.54) is 18.2 Å². The van der Waals surface area contributed by atoms with E-state index in [-0.39, 0.29) is 5.56 Å². The van der Waals surface area contributed by atoms with Gasteiger partial charge in [0.05, 0.1) is 11.3 Å². The molecule has 0 fully saturated rings. The van der Waals surface area contributed by atoms with Gasteiger partial charge in [-0.1, -0.05) is 12.7 Å². The molecule has 0 bridgehead atoms. The van der Waals surface area contributed by atoms with Crippen molar-refractivity contribution in [1.82, 2.24) is 0 Å². The number of benzene rings is 1. The highest BCUT2D eigenvalue weighted by Crippen LogP contribution is 2.23. The molecule has 1 rings (SSSR count). The van der Waals surface area contributed by atoms with Crippen molar-refractivity contribution in [3.05, 3.63) is 35.7 Å². The highest BCUT2D eigenvalue weighted by Gasteiger charge is 2.05. The molecule has 1 aromatic carbocycles. The van der Waals surface area contributed by atoms with Gasteiger partial charge in [0, 0.05) is 11.6 Å². The van der Waals surface area contributed by atoms with Gasteiger partial charge in [-0.25, -0.2) is 4.39 Å². The molecule has 0 unspecified atom stereocenters. The standard InChI is InChI=1S/C10H7FN2/c1-3-7-4-8(6-12)9(11)5-10(7)13-2/h3-5H,1-2H2. The Balaban J connectivity index is 3.45. The summed E-state index contributed by atoms with van der Waals surface area (Å²) in [6.07, 6.45) is 1.50. The van der Waals surface area contributed by atoms with Crippen LogP contribution in [0.4, 0.5) is 10.1 Å². The quantitative estimate of drug-likeness (QED) is 0.635. The van der Waals surface area contributed by atoms with Gasteiger partial charge >= 0.3 is 0 Å². The molecule has 0 N–H and O–H groups in total. The average Bonchev–Trinajstić information content (AvgIpc) is 2.17. The van der Waals surface area contributed by atoms with Gasteiger partial charge in [-0.3, -0.25) is 4.99 Å². The first kappa shape index (κ1) is 9.14. The normalized spacial score (nSPS) is 8.92. The molecule has 0 heterocycles. The van der Waals surface area contributed by atoms with Gasteiger partial charge in [-0.05, 0) is 12.8 Å².